The fraction of sp³-hybridized carbons (Fsp3) is 0.154. The van der Waals surface area contributed by atoms with Crippen LogP contribution in [0.25, 0.3) is 0 Å². The average Bonchev–Trinajstić information content (AvgIpc) is 2.41. The van der Waals surface area contributed by atoms with E-state index in [1.165, 1.54) is 0 Å². The van der Waals surface area contributed by atoms with Crippen LogP contribution in [0.4, 0.5) is 5.82 Å². The predicted octanol–water partition coefficient (Wildman–Crippen LogP) is 3.67. The van der Waals surface area contributed by atoms with Gasteiger partial charge in [-0.25, -0.2) is 10.8 Å². The number of aryl methyl sites for hydroxylation is 1. The van der Waals surface area contributed by atoms with Crippen LogP contribution in [0.3, 0.4) is 0 Å². The van der Waals surface area contributed by atoms with E-state index in [2.05, 4.69) is 26.3 Å². The molecule has 2 aromatic rings. The van der Waals surface area contributed by atoms with Crippen LogP contribution in [-0.4, -0.2) is 4.98 Å². The highest BCUT2D eigenvalue weighted by Crippen LogP contribution is 2.25. The van der Waals surface area contributed by atoms with E-state index in [4.69, 9.17) is 22.2 Å². The maximum absolute atomic E-state index is 6.07. The quantitative estimate of drug-likeness (QED) is 0.657. The molecule has 6 heteroatoms. The molecule has 1 heterocycles. The number of aromatic nitrogens is 1. The van der Waals surface area contributed by atoms with Crippen LogP contribution < -0.4 is 16.0 Å². The topological polar surface area (TPSA) is 60.2 Å². The van der Waals surface area contributed by atoms with Crippen molar-refractivity contribution in [2.75, 3.05) is 5.43 Å². The smallest absolute Gasteiger partial charge is 0.140 e. The zero-order valence-electron chi connectivity index (χ0n) is 10.3. The molecule has 3 N–H and O–H groups in total. The number of ether oxygens (including phenoxy) is 1. The Hall–Kier alpha value is -1.30. The number of halogens is 2. The highest BCUT2D eigenvalue weighted by atomic mass is 79.9. The lowest BCUT2D eigenvalue weighted by molar-refractivity contribution is 0.299. The van der Waals surface area contributed by atoms with Gasteiger partial charge in [0.05, 0.1) is 10.7 Å². The number of hydrogen-bond acceptors (Lipinski definition) is 4. The maximum Gasteiger partial charge on any atom is 0.140 e. The van der Waals surface area contributed by atoms with E-state index in [1.54, 1.807) is 12.1 Å². The molecule has 0 fully saturated rings. The molecule has 100 valence electrons. The number of nitrogens with one attached hydrogen (secondary N) is 1. The van der Waals surface area contributed by atoms with Crippen molar-refractivity contribution in [2.24, 2.45) is 5.84 Å². The number of anilines is 1. The molecule has 0 aliphatic heterocycles. The molecule has 0 saturated carbocycles. The van der Waals surface area contributed by atoms with E-state index in [0.29, 0.717) is 16.5 Å². The fourth-order valence-corrected chi connectivity index (χ4v) is 2.04. The zero-order valence-corrected chi connectivity index (χ0v) is 12.6. The maximum atomic E-state index is 6.07. The largest absolute Gasteiger partial charge is 0.487 e. The van der Waals surface area contributed by atoms with Gasteiger partial charge in [0, 0.05) is 4.47 Å². The summed E-state index contributed by atoms with van der Waals surface area (Å²) in [6.45, 7) is 2.26. The summed E-state index contributed by atoms with van der Waals surface area (Å²) in [5.74, 6) is 6.66. The number of hydrogen-bond donors (Lipinski definition) is 2. The Kier molecular flexibility index (Phi) is 4.63. The molecular weight excluding hydrogens is 330 g/mol. The summed E-state index contributed by atoms with van der Waals surface area (Å²) in [7, 11) is 0. The molecule has 1 aromatic carbocycles. The van der Waals surface area contributed by atoms with E-state index in [0.717, 1.165) is 15.8 Å². The van der Waals surface area contributed by atoms with Gasteiger partial charge < -0.3 is 10.2 Å². The van der Waals surface area contributed by atoms with E-state index in [-0.39, 0.29) is 6.61 Å². The number of nitrogen functional groups attached to an aromatic ring is 1. The monoisotopic (exact) mass is 341 g/mol. The second kappa shape index (κ2) is 6.23. The van der Waals surface area contributed by atoms with Gasteiger partial charge in [0.15, 0.2) is 0 Å². The van der Waals surface area contributed by atoms with E-state index in [1.807, 2.05) is 25.1 Å². The summed E-state index contributed by atoms with van der Waals surface area (Å²) in [6, 6.07) is 9.29. The first kappa shape index (κ1) is 14.1. The lowest BCUT2D eigenvalue weighted by atomic mass is 10.2. The minimum atomic E-state index is 0.283. The highest BCUT2D eigenvalue weighted by Gasteiger charge is 2.06. The second-order valence-electron chi connectivity index (χ2n) is 3.97. The summed E-state index contributed by atoms with van der Waals surface area (Å²) in [4.78, 5) is 4.25. The summed E-state index contributed by atoms with van der Waals surface area (Å²) in [6.07, 6.45) is 0. The number of hydrazine groups is 1. The van der Waals surface area contributed by atoms with Crippen molar-refractivity contribution in [1.29, 1.82) is 0 Å². The van der Waals surface area contributed by atoms with Gasteiger partial charge in [-0.05, 0) is 36.8 Å². The van der Waals surface area contributed by atoms with Crippen molar-refractivity contribution >= 4 is 33.3 Å². The Morgan fingerprint density at radius 2 is 2.16 bits per heavy atom. The molecule has 0 amide bonds. The zero-order chi connectivity index (χ0) is 13.8. The summed E-state index contributed by atoms with van der Waals surface area (Å²) < 4.78 is 6.70. The third kappa shape index (κ3) is 3.59. The molecule has 4 nitrogen and oxygen atoms in total. The van der Waals surface area contributed by atoms with Crippen molar-refractivity contribution in [3.63, 3.8) is 0 Å². The number of nitrogens with two attached hydrogens (primary N) is 1. The highest BCUT2D eigenvalue weighted by molar-refractivity contribution is 9.10. The third-order valence-corrected chi connectivity index (χ3v) is 3.42. The Morgan fingerprint density at radius 3 is 2.89 bits per heavy atom. The second-order valence-corrected chi connectivity index (χ2v) is 5.29. The first-order valence-corrected chi connectivity index (χ1v) is 6.78. The molecule has 19 heavy (non-hydrogen) atoms. The predicted molar refractivity (Wildman–Crippen MR) is 80.3 cm³/mol. The Morgan fingerprint density at radius 1 is 1.37 bits per heavy atom. The molecule has 0 unspecified atom stereocenters. The third-order valence-electron chi connectivity index (χ3n) is 2.58. The lowest BCUT2D eigenvalue weighted by Crippen LogP contribution is -2.10. The van der Waals surface area contributed by atoms with Crippen LogP contribution in [0.2, 0.25) is 5.02 Å². The van der Waals surface area contributed by atoms with Crippen LogP contribution in [0.15, 0.2) is 34.8 Å². The summed E-state index contributed by atoms with van der Waals surface area (Å²) >= 11 is 9.48. The molecular formula is C13H13BrClN3O. The van der Waals surface area contributed by atoms with Gasteiger partial charge >= 0.3 is 0 Å². The van der Waals surface area contributed by atoms with Gasteiger partial charge in [0.2, 0.25) is 0 Å². The van der Waals surface area contributed by atoms with Crippen LogP contribution in [0.1, 0.15) is 11.3 Å². The Balaban J connectivity index is 2.16. The van der Waals surface area contributed by atoms with Crippen molar-refractivity contribution < 1.29 is 4.74 Å². The molecule has 0 bridgehead atoms. The average molecular weight is 343 g/mol. The SMILES string of the molecule is Cc1ccc(Br)cc1OCc1nc(NN)ccc1Cl. The normalized spacial score (nSPS) is 10.3. The van der Waals surface area contributed by atoms with Crippen LogP contribution >= 0.6 is 27.5 Å². The molecule has 0 saturated heterocycles. The van der Waals surface area contributed by atoms with Gasteiger partial charge in [-0.3, -0.25) is 0 Å². The minimum absolute atomic E-state index is 0.283. The van der Waals surface area contributed by atoms with E-state index >= 15 is 0 Å². The molecule has 0 aliphatic carbocycles. The van der Waals surface area contributed by atoms with Crippen molar-refractivity contribution in [2.45, 2.75) is 13.5 Å². The van der Waals surface area contributed by atoms with E-state index < -0.39 is 0 Å². The summed E-state index contributed by atoms with van der Waals surface area (Å²) in [5.41, 5.74) is 4.16. The van der Waals surface area contributed by atoms with Gasteiger partial charge in [-0.1, -0.05) is 33.6 Å². The first-order valence-electron chi connectivity index (χ1n) is 5.61. The van der Waals surface area contributed by atoms with E-state index in [9.17, 15) is 0 Å². The van der Waals surface area contributed by atoms with Crippen molar-refractivity contribution in [3.05, 3.63) is 51.1 Å². The Bertz CT molecular complexity index is 592. The van der Waals surface area contributed by atoms with Gasteiger partial charge in [0.25, 0.3) is 0 Å². The number of pyridine rings is 1. The van der Waals surface area contributed by atoms with Gasteiger partial charge in [-0.15, -0.1) is 0 Å². The molecule has 0 radical (unpaired) electrons. The van der Waals surface area contributed by atoms with Crippen molar-refractivity contribution in [3.8, 4) is 5.75 Å². The van der Waals surface area contributed by atoms with Crippen molar-refractivity contribution in [1.82, 2.24) is 4.98 Å². The molecule has 0 spiro atoms. The molecule has 1 aromatic heterocycles. The fourth-order valence-electron chi connectivity index (χ4n) is 1.54. The standard InChI is InChI=1S/C13H13BrClN3O/c1-8-2-3-9(14)6-12(8)19-7-11-10(15)4-5-13(17-11)18-16/h2-6H,7,16H2,1H3,(H,17,18). The first-order chi connectivity index (χ1) is 9.10. The van der Waals surface area contributed by atoms with Crippen LogP contribution in [-0.2, 0) is 6.61 Å². The molecule has 2 rings (SSSR count). The minimum Gasteiger partial charge on any atom is -0.487 e. The molecule has 0 aliphatic rings. The number of benzene rings is 1. The summed E-state index contributed by atoms with van der Waals surface area (Å²) in [5, 5.41) is 0.548. The molecule has 0 atom stereocenters. The van der Waals surface area contributed by atoms with Gasteiger partial charge in [0.1, 0.15) is 18.2 Å². The number of rotatable bonds is 4. The lowest BCUT2D eigenvalue weighted by Gasteiger charge is -2.11. The van der Waals surface area contributed by atoms with Crippen LogP contribution in [0.5, 0.6) is 5.75 Å². The number of nitrogens with zero attached hydrogens (tertiary/aromatic N) is 1. The van der Waals surface area contributed by atoms with Gasteiger partial charge in [-0.2, -0.15) is 0 Å². The van der Waals surface area contributed by atoms with Crippen LogP contribution in [0, 0.1) is 6.92 Å². The Labute approximate surface area is 125 Å².